The second-order valence-corrected chi connectivity index (χ2v) is 8.17. The van der Waals surface area contributed by atoms with Gasteiger partial charge in [0.15, 0.2) is 5.78 Å². The van der Waals surface area contributed by atoms with E-state index in [4.69, 9.17) is 16.3 Å². The molecule has 1 aliphatic carbocycles. The third kappa shape index (κ3) is 4.74. The molecule has 1 heterocycles. The van der Waals surface area contributed by atoms with Crippen molar-refractivity contribution in [3.05, 3.63) is 58.6 Å². The van der Waals surface area contributed by atoms with Gasteiger partial charge in [0.25, 0.3) is 0 Å². The first-order valence-corrected chi connectivity index (χ1v) is 10.7. The Hall–Kier alpha value is -2.08. The van der Waals surface area contributed by atoms with Gasteiger partial charge < -0.3 is 14.7 Å². The smallest absolute Gasteiger partial charge is 0.163 e. The molecular weight excluding hydrogens is 388 g/mol. The van der Waals surface area contributed by atoms with Crippen molar-refractivity contribution >= 4 is 23.1 Å². The number of β-amino-alcohol motifs (C(OH)–C–C–N with tert-alkyl or cyclic N) is 1. The second-order valence-electron chi connectivity index (χ2n) is 7.76. The highest BCUT2D eigenvalue weighted by Crippen LogP contribution is 2.30. The maximum absolute atomic E-state index is 12.1. The fraction of sp³-hybridized carbons (Fsp3) is 0.435. The van der Waals surface area contributed by atoms with Crippen molar-refractivity contribution in [2.45, 2.75) is 25.4 Å². The first kappa shape index (κ1) is 20.2. The molecule has 0 amide bonds. The number of para-hydroxylation sites is 1. The third-order valence-electron chi connectivity index (χ3n) is 5.73. The molecule has 0 spiro atoms. The van der Waals surface area contributed by atoms with Gasteiger partial charge in [-0.05, 0) is 31.0 Å². The van der Waals surface area contributed by atoms with Crippen molar-refractivity contribution in [2.24, 2.45) is 0 Å². The van der Waals surface area contributed by atoms with Crippen molar-refractivity contribution in [3.8, 4) is 5.75 Å². The van der Waals surface area contributed by atoms with Crippen molar-refractivity contribution in [1.82, 2.24) is 4.90 Å². The number of hydrogen-bond acceptors (Lipinski definition) is 5. The number of fused-ring (bicyclic) bond motifs is 1. The monoisotopic (exact) mass is 414 g/mol. The summed E-state index contributed by atoms with van der Waals surface area (Å²) in [4.78, 5) is 16.6. The Morgan fingerprint density at radius 3 is 2.62 bits per heavy atom. The van der Waals surface area contributed by atoms with E-state index in [1.54, 1.807) is 0 Å². The fourth-order valence-corrected chi connectivity index (χ4v) is 4.45. The second kappa shape index (κ2) is 9.16. The van der Waals surface area contributed by atoms with Crippen LogP contribution in [0.5, 0.6) is 5.75 Å². The van der Waals surface area contributed by atoms with Gasteiger partial charge in [0.1, 0.15) is 18.5 Å². The number of rotatable bonds is 6. The Morgan fingerprint density at radius 2 is 1.83 bits per heavy atom. The summed E-state index contributed by atoms with van der Waals surface area (Å²) in [6.45, 7) is 4.31. The van der Waals surface area contributed by atoms with Crippen molar-refractivity contribution in [1.29, 1.82) is 0 Å². The maximum atomic E-state index is 12.1. The lowest BCUT2D eigenvalue weighted by Gasteiger charge is -2.37. The molecular formula is C23H27ClN2O3. The largest absolute Gasteiger partial charge is 0.491 e. The van der Waals surface area contributed by atoms with Crippen LogP contribution in [-0.2, 0) is 6.42 Å². The van der Waals surface area contributed by atoms with E-state index in [1.165, 1.54) is 0 Å². The third-order valence-corrected chi connectivity index (χ3v) is 6.05. The van der Waals surface area contributed by atoms with Crippen LogP contribution in [0.3, 0.4) is 0 Å². The zero-order valence-corrected chi connectivity index (χ0v) is 17.3. The number of aliphatic hydroxyl groups is 1. The number of ketones is 1. The molecule has 1 unspecified atom stereocenters. The van der Waals surface area contributed by atoms with Gasteiger partial charge >= 0.3 is 0 Å². The Kier molecular flexibility index (Phi) is 6.38. The summed E-state index contributed by atoms with van der Waals surface area (Å²) in [7, 11) is 0. The standard InChI is InChI=1S/C23H27ClN2O3/c24-20-7-1-2-8-21(20)26-13-11-25(12-14-26)15-17(27)16-29-23-10-4-5-18-19(23)6-3-9-22(18)28/h1-2,4-5,7-8,10,17,27H,3,6,9,11-16H2. The minimum atomic E-state index is -0.572. The van der Waals surface area contributed by atoms with E-state index in [0.29, 0.717) is 13.0 Å². The van der Waals surface area contributed by atoms with Crippen LogP contribution in [0, 0.1) is 0 Å². The van der Waals surface area contributed by atoms with Crippen LogP contribution >= 0.6 is 11.6 Å². The van der Waals surface area contributed by atoms with E-state index in [1.807, 2.05) is 42.5 Å². The summed E-state index contributed by atoms with van der Waals surface area (Å²) in [6, 6.07) is 13.5. The van der Waals surface area contributed by atoms with E-state index < -0.39 is 6.10 Å². The number of benzene rings is 2. The van der Waals surface area contributed by atoms with E-state index in [-0.39, 0.29) is 12.4 Å². The van der Waals surface area contributed by atoms with Crippen LogP contribution in [-0.4, -0.2) is 61.2 Å². The van der Waals surface area contributed by atoms with Crippen LogP contribution in [0.4, 0.5) is 5.69 Å². The average Bonchev–Trinajstić information content (AvgIpc) is 2.74. The van der Waals surface area contributed by atoms with Gasteiger partial charge in [-0.1, -0.05) is 35.9 Å². The molecule has 0 radical (unpaired) electrons. The molecule has 0 saturated carbocycles. The molecule has 1 fully saturated rings. The first-order chi connectivity index (χ1) is 14.1. The first-order valence-electron chi connectivity index (χ1n) is 10.3. The topological polar surface area (TPSA) is 53.0 Å². The molecule has 2 aromatic carbocycles. The molecule has 0 bridgehead atoms. The van der Waals surface area contributed by atoms with Crippen LogP contribution in [0.1, 0.15) is 28.8 Å². The Morgan fingerprint density at radius 1 is 1.03 bits per heavy atom. The predicted octanol–water partition coefficient (Wildman–Crippen LogP) is 3.42. The van der Waals surface area contributed by atoms with Crippen molar-refractivity contribution in [3.63, 3.8) is 0 Å². The van der Waals surface area contributed by atoms with Gasteiger partial charge in [-0.3, -0.25) is 9.69 Å². The van der Waals surface area contributed by atoms with Crippen LogP contribution in [0.2, 0.25) is 5.02 Å². The minimum Gasteiger partial charge on any atom is -0.491 e. The van der Waals surface area contributed by atoms with Gasteiger partial charge in [-0.2, -0.15) is 0 Å². The molecule has 6 heteroatoms. The Balaban J connectivity index is 1.27. The number of aliphatic hydroxyl groups excluding tert-OH is 1. The van der Waals surface area contributed by atoms with Gasteiger partial charge in [-0.15, -0.1) is 0 Å². The number of Topliss-reactive ketones (excluding diaryl/α,β-unsaturated/α-hetero) is 1. The molecule has 1 N–H and O–H groups in total. The number of hydrogen-bond donors (Lipinski definition) is 1. The summed E-state index contributed by atoms with van der Waals surface area (Å²) in [5.41, 5.74) is 2.84. The van der Waals surface area contributed by atoms with Gasteiger partial charge in [-0.25, -0.2) is 0 Å². The summed E-state index contributed by atoms with van der Waals surface area (Å²) >= 11 is 6.30. The number of carbonyl (C=O) groups excluding carboxylic acids is 1. The van der Waals surface area contributed by atoms with Gasteiger partial charge in [0.05, 0.1) is 10.7 Å². The Bertz CT molecular complexity index is 865. The lowest BCUT2D eigenvalue weighted by molar-refractivity contribution is 0.0658. The van der Waals surface area contributed by atoms with Gasteiger partial charge in [0.2, 0.25) is 0 Å². The summed E-state index contributed by atoms with van der Waals surface area (Å²) < 4.78 is 5.91. The number of piperazine rings is 1. The SMILES string of the molecule is O=C1CCCc2c(OCC(O)CN3CCN(c4ccccc4Cl)CC3)cccc21. The molecule has 1 saturated heterocycles. The van der Waals surface area contributed by atoms with Crippen LogP contribution in [0.15, 0.2) is 42.5 Å². The summed E-state index contributed by atoms with van der Waals surface area (Å²) in [5.74, 6) is 0.923. The highest BCUT2D eigenvalue weighted by atomic mass is 35.5. The van der Waals surface area contributed by atoms with E-state index in [9.17, 15) is 9.90 Å². The molecule has 29 heavy (non-hydrogen) atoms. The highest BCUT2D eigenvalue weighted by molar-refractivity contribution is 6.33. The van der Waals surface area contributed by atoms with Crippen LogP contribution in [0.25, 0.3) is 0 Å². The zero-order chi connectivity index (χ0) is 20.2. The predicted molar refractivity (Wildman–Crippen MR) is 115 cm³/mol. The number of ether oxygens (including phenoxy) is 1. The molecule has 2 aliphatic rings. The minimum absolute atomic E-state index is 0.189. The molecule has 5 nitrogen and oxygen atoms in total. The van der Waals surface area contributed by atoms with Crippen molar-refractivity contribution in [2.75, 3.05) is 44.2 Å². The van der Waals surface area contributed by atoms with Crippen molar-refractivity contribution < 1.29 is 14.6 Å². The number of anilines is 1. The maximum Gasteiger partial charge on any atom is 0.163 e. The molecule has 2 aromatic rings. The summed E-state index contributed by atoms with van der Waals surface area (Å²) in [6.07, 6.45) is 1.76. The fourth-order valence-electron chi connectivity index (χ4n) is 4.20. The van der Waals surface area contributed by atoms with Crippen LogP contribution < -0.4 is 9.64 Å². The molecule has 154 valence electrons. The number of halogens is 1. The summed E-state index contributed by atoms with van der Waals surface area (Å²) in [5, 5.41) is 11.3. The lowest BCUT2D eigenvalue weighted by atomic mass is 9.90. The lowest BCUT2D eigenvalue weighted by Crippen LogP contribution is -2.49. The molecule has 1 aliphatic heterocycles. The number of nitrogens with zero attached hydrogens (tertiary/aromatic N) is 2. The number of carbonyl (C=O) groups is 1. The molecule has 4 rings (SSSR count). The van der Waals surface area contributed by atoms with E-state index in [2.05, 4.69) is 9.80 Å². The van der Waals surface area contributed by atoms with Gasteiger partial charge in [0, 0.05) is 50.3 Å². The molecule has 0 aromatic heterocycles. The van der Waals surface area contributed by atoms with E-state index in [0.717, 1.165) is 66.6 Å². The molecule has 1 atom stereocenters. The average molecular weight is 415 g/mol. The van der Waals surface area contributed by atoms with E-state index >= 15 is 0 Å². The quantitative estimate of drug-likeness (QED) is 0.784. The Labute approximate surface area is 176 Å². The zero-order valence-electron chi connectivity index (χ0n) is 16.5. The highest BCUT2D eigenvalue weighted by Gasteiger charge is 2.23. The normalized spacial score (nSPS) is 18.4.